The highest BCUT2D eigenvalue weighted by Gasteiger charge is 2.05. The van der Waals surface area contributed by atoms with Crippen molar-refractivity contribution in [1.82, 2.24) is 10.2 Å². The Balaban J connectivity index is 2.37. The second kappa shape index (κ2) is 7.44. The molecule has 0 aromatic carbocycles. The summed E-state index contributed by atoms with van der Waals surface area (Å²) < 4.78 is 0. The Morgan fingerprint density at radius 3 is 2.88 bits per heavy atom. The lowest BCUT2D eigenvalue weighted by Gasteiger charge is -2.15. The molecule has 0 aliphatic heterocycles. The van der Waals surface area contributed by atoms with Crippen LogP contribution in [0.4, 0.5) is 5.69 Å². The minimum atomic E-state index is 0.437. The topological polar surface area (TPSA) is 37.8 Å². The van der Waals surface area contributed by atoms with Gasteiger partial charge in [-0.3, -0.25) is 0 Å². The SMILES string of the molecule is CCCCC(CC)CNc1cnnc(Cl)c1. The lowest BCUT2D eigenvalue weighted by atomic mass is 9.99. The summed E-state index contributed by atoms with van der Waals surface area (Å²) in [6.45, 7) is 5.45. The van der Waals surface area contributed by atoms with Crippen molar-refractivity contribution in [2.45, 2.75) is 39.5 Å². The third-order valence-electron chi connectivity index (χ3n) is 2.76. The van der Waals surface area contributed by atoms with E-state index in [9.17, 15) is 0 Å². The average molecular weight is 242 g/mol. The summed E-state index contributed by atoms with van der Waals surface area (Å²) in [6, 6.07) is 1.81. The molecule has 0 aliphatic rings. The van der Waals surface area contributed by atoms with E-state index in [1.54, 1.807) is 12.3 Å². The van der Waals surface area contributed by atoms with E-state index in [1.807, 2.05) is 0 Å². The van der Waals surface area contributed by atoms with Crippen LogP contribution in [0.25, 0.3) is 0 Å². The van der Waals surface area contributed by atoms with Crippen LogP contribution in [0.3, 0.4) is 0 Å². The fraction of sp³-hybridized carbons (Fsp3) is 0.667. The molecule has 1 heterocycles. The Bertz CT molecular complexity index is 304. The molecular weight excluding hydrogens is 222 g/mol. The Labute approximate surface area is 103 Å². The lowest BCUT2D eigenvalue weighted by molar-refractivity contribution is 0.472. The van der Waals surface area contributed by atoms with E-state index >= 15 is 0 Å². The number of hydrogen-bond acceptors (Lipinski definition) is 3. The first-order valence-electron chi connectivity index (χ1n) is 5.98. The van der Waals surface area contributed by atoms with Crippen molar-refractivity contribution in [1.29, 1.82) is 0 Å². The summed E-state index contributed by atoms with van der Waals surface area (Å²) in [5.74, 6) is 0.729. The fourth-order valence-electron chi connectivity index (χ4n) is 1.64. The van der Waals surface area contributed by atoms with Gasteiger partial charge in [0.25, 0.3) is 0 Å². The number of hydrogen-bond donors (Lipinski definition) is 1. The van der Waals surface area contributed by atoms with Crippen LogP contribution in [0.15, 0.2) is 12.3 Å². The molecule has 1 aromatic rings. The van der Waals surface area contributed by atoms with Crippen LogP contribution >= 0.6 is 11.6 Å². The molecule has 4 heteroatoms. The van der Waals surface area contributed by atoms with Crippen LogP contribution in [0, 0.1) is 5.92 Å². The second-order valence-corrected chi connectivity index (χ2v) is 4.45. The molecule has 1 atom stereocenters. The zero-order chi connectivity index (χ0) is 11.8. The van der Waals surface area contributed by atoms with E-state index in [4.69, 9.17) is 11.6 Å². The van der Waals surface area contributed by atoms with Crippen molar-refractivity contribution in [2.24, 2.45) is 5.92 Å². The summed E-state index contributed by atoms with van der Waals surface area (Å²) in [7, 11) is 0. The first-order chi connectivity index (χ1) is 7.76. The number of nitrogens with zero attached hydrogens (tertiary/aromatic N) is 2. The monoisotopic (exact) mass is 241 g/mol. The van der Waals surface area contributed by atoms with Crippen molar-refractivity contribution >= 4 is 17.3 Å². The van der Waals surface area contributed by atoms with Crippen LogP contribution < -0.4 is 5.32 Å². The molecule has 0 aliphatic carbocycles. The predicted molar refractivity (Wildman–Crippen MR) is 68.8 cm³/mol. The van der Waals surface area contributed by atoms with Gasteiger partial charge in [0, 0.05) is 12.6 Å². The molecule has 1 unspecified atom stereocenters. The Hall–Kier alpha value is -0.830. The van der Waals surface area contributed by atoms with Gasteiger partial charge in [0.05, 0.1) is 11.9 Å². The molecule has 0 spiro atoms. The molecule has 1 rings (SSSR count). The highest BCUT2D eigenvalue weighted by molar-refractivity contribution is 6.29. The molecule has 1 aromatic heterocycles. The molecule has 0 amide bonds. The van der Waals surface area contributed by atoms with Gasteiger partial charge in [0.1, 0.15) is 0 Å². The van der Waals surface area contributed by atoms with Crippen LogP contribution in [-0.2, 0) is 0 Å². The fourth-order valence-corrected chi connectivity index (χ4v) is 1.80. The van der Waals surface area contributed by atoms with Gasteiger partial charge < -0.3 is 5.32 Å². The van der Waals surface area contributed by atoms with Gasteiger partial charge in [-0.25, -0.2) is 0 Å². The van der Waals surface area contributed by atoms with Crippen molar-refractivity contribution in [2.75, 3.05) is 11.9 Å². The van der Waals surface area contributed by atoms with Gasteiger partial charge >= 0.3 is 0 Å². The quantitative estimate of drug-likeness (QED) is 0.790. The third-order valence-corrected chi connectivity index (χ3v) is 2.95. The summed E-state index contributed by atoms with van der Waals surface area (Å²) in [5.41, 5.74) is 0.954. The highest BCUT2D eigenvalue weighted by atomic mass is 35.5. The van der Waals surface area contributed by atoms with Gasteiger partial charge in [-0.1, -0.05) is 44.7 Å². The van der Waals surface area contributed by atoms with E-state index < -0.39 is 0 Å². The zero-order valence-electron chi connectivity index (χ0n) is 10.0. The number of rotatable bonds is 7. The van der Waals surface area contributed by atoms with Crippen molar-refractivity contribution < 1.29 is 0 Å². The Morgan fingerprint density at radius 1 is 1.44 bits per heavy atom. The molecule has 0 fully saturated rings. The summed E-state index contributed by atoms with van der Waals surface area (Å²) in [4.78, 5) is 0. The molecule has 90 valence electrons. The van der Waals surface area contributed by atoms with E-state index in [-0.39, 0.29) is 0 Å². The highest BCUT2D eigenvalue weighted by Crippen LogP contribution is 2.15. The van der Waals surface area contributed by atoms with E-state index in [0.29, 0.717) is 5.15 Å². The van der Waals surface area contributed by atoms with Crippen LogP contribution in [0.1, 0.15) is 39.5 Å². The maximum atomic E-state index is 5.76. The molecular formula is C12H20ClN3. The molecule has 0 saturated carbocycles. The second-order valence-electron chi connectivity index (χ2n) is 4.06. The first-order valence-corrected chi connectivity index (χ1v) is 6.36. The Kier molecular flexibility index (Phi) is 6.16. The molecule has 0 bridgehead atoms. The third kappa shape index (κ3) is 4.79. The lowest BCUT2D eigenvalue weighted by Crippen LogP contribution is -2.13. The normalized spacial score (nSPS) is 12.4. The predicted octanol–water partition coefficient (Wildman–Crippen LogP) is 3.76. The summed E-state index contributed by atoms with van der Waals surface area (Å²) in [5, 5.41) is 11.3. The van der Waals surface area contributed by atoms with E-state index in [2.05, 4.69) is 29.4 Å². The number of unbranched alkanes of at least 4 members (excludes halogenated alkanes) is 1. The largest absolute Gasteiger partial charge is 0.383 e. The molecule has 0 saturated heterocycles. The number of nitrogens with one attached hydrogen (secondary N) is 1. The van der Waals surface area contributed by atoms with Crippen molar-refractivity contribution in [3.05, 3.63) is 17.4 Å². The van der Waals surface area contributed by atoms with Crippen LogP contribution in [0.5, 0.6) is 0 Å². The average Bonchev–Trinajstić information content (AvgIpc) is 2.29. The minimum absolute atomic E-state index is 0.437. The van der Waals surface area contributed by atoms with Crippen LogP contribution in [-0.4, -0.2) is 16.7 Å². The van der Waals surface area contributed by atoms with Gasteiger partial charge in [-0.15, -0.1) is 5.10 Å². The maximum absolute atomic E-state index is 5.76. The molecule has 0 radical (unpaired) electrons. The van der Waals surface area contributed by atoms with Gasteiger partial charge in [-0.2, -0.15) is 5.10 Å². The standard InChI is InChI=1S/C12H20ClN3/c1-3-5-6-10(4-2)8-14-11-7-12(13)16-15-9-11/h7,9-10H,3-6,8H2,1-2H3,(H,14,16). The molecule has 1 N–H and O–H groups in total. The van der Waals surface area contributed by atoms with Gasteiger partial charge in [0.15, 0.2) is 5.15 Å². The first kappa shape index (κ1) is 13.2. The van der Waals surface area contributed by atoms with Crippen LogP contribution in [0.2, 0.25) is 5.15 Å². The van der Waals surface area contributed by atoms with Crippen molar-refractivity contribution in [3.63, 3.8) is 0 Å². The number of halogens is 1. The van der Waals surface area contributed by atoms with Gasteiger partial charge in [-0.05, 0) is 12.3 Å². The van der Waals surface area contributed by atoms with E-state index in [0.717, 1.165) is 18.2 Å². The van der Waals surface area contributed by atoms with Crippen molar-refractivity contribution in [3.8, 4) is 0 Å². The molecule has 3 nitrogen and oxygen atoms in total. The molecule has 16 heavy (non-hydrogen) atoms. The smallest absolute Gasteiger partial charge is 0.153 e. The summed E-state index contributed by atoms with van der Waals surface area (Å²) in [6.07, 6.45) is 6.76. The number of aromatic nitrogens is 2. The van der Waals surface area contributed by atoms with E-state index in [1.165, 1.54) is 25.7 Å². The zero-order valence-corrected chi connectivity index (χ0v) is 10.8. The Morgan fingerprint density at radius 2 is 2.25 bits per heavy atom. The maximum Gasteiger partial charge on any atom is 0.153 e. The van der Waals surface area contributed by atoms with Gasteiger partial charge in [0.2, 0.25) is 0 Å². The minimum Gasteiger partial charge on any atom is -0.383 e. The summed E-state index contributed by atoms with van der Waals surface area (Å²) >= 11 is 5.76. The number of anilines is 1.